The molecule has 2 heteroatoms. The lowest BCUT2D eigenvalue weighted by Crippen LogP contribution is -2.33. The van der Waals surface area contributed by atoms with Crippen LogP contribution in [0.15, 0.2) is 25.3 Å². The van der Waals surface area contributed by atoms with E-state index in [1.165, 1.54) is 77.0 Å². The first kappa shape index (κ1) is 19.4. The first-order valence-electron chi connectivity index (χ1n) is 8.59. The maximum absolute atomic E-state index is 3.75. The van der Waals surface area contributed by atoms with Crippen LogP contribution in [0, 0.1) is 0 Å². The summed E-state index contributed by atoms with van der Waals surface area (Å²) in [7, 11) is 0. The molecule has 0 bridgehead atoms. The third kappa shape index (κ3) is 17.4. The van der Waals surface area contributed by atoms with E-state index in [0.717, 1.165) is 13.1 Å². The van der Waals surface area contributed by atoms with Gasteiger partial charge in [-0.3, -0.25) is 10.9 Å². The van der Waals surface area contributed by atoms with E-state index < -0.39 is 0 Å². The number of hydrazine groups is 1. The highest BCUT2D eigenvalue weighted by Gasteiger charge is 1.92. The van der Waals surface area contributed by atoms with Gasteiger partial charge in [0.25, 0.3) is 0 Å². The molecule has 20 heavy (non-hydrogen) atoms. The standard InChI is InChI=1S/C18H36N2/c1-3-5-7-9-11-13-15-17-19-20-18-16-14-12-10-8-6-4-2/h3-4,19-20H,1-2,5-18H2. The third-order valence-corrected chi connectivity index (χ3v) is 3.55. The second kappa shape index (κ2) is 18.4. The minimum Gasteiger partial charge on any atom is -0.258 e. The Morgan fingerprint density at radius 2 is 0.850 bits per heavy atom. The lowest BCUT2D eigenvalue weighted by molar-refractivity contribution is 0.482. The summed E-state index contributed by atoms with van der Waals surface area (Å²) in [5, 5.41) is 0. The second-order valence-corrected chi connectivity index (χ2v) is 5.54. The van der Waals surface area contributed by atoms with Crippen molar-refractivity contribution in [1.29, 1.82) is 0 Å². The van der Waals surface area contributed by atoms with Gasteiger partial charge in [-0.05, 0) is 38.5 Å². The molecule has 0 spiro atoms. The van der Waals surface area contributed by atoms with Gasteiger partial charge < -0.3 is 0 Å². The molecule has 0 heterocycles. The van der Waals surface area contributed by atoms with Crippen LogP contribution in [0.25, 0.3) is 0 Å². The third-order valence-electron chi connectivity index (χ3n) is 3.55. The van der Waals surface area contributed by atoms with E-state index in [4.69, 9.17) is 0 Å². The fourth-order valence-electron chi connectivity index (χ4n) is 2.24. The van der Waals surface area contributed by atoms with Gasteiger partial charge in [-0.2, -0.15) is 0 Å². The van der Waals surface area contributed by atoms with Gasteiger partial charge in [-0.15, -0.1) is 13.2 Å². The van der Waals surface area contributed by atoms with Crippen LogP contribution in [0.4, 0.5) is 0 Å². The number of unbranched alkanes of at least 4 members (excludes halogenated alkanes) is 10. The summed E-state index contributed by atoms with van der Waals surface area (Å²) in [5.74, 6) is 0. The predicted molar refractivity (Wildman–Crippen MR) is 91.8 cm³/mol. The zero-order valence-corrected chi connectivity index (χ0v) is 13.5. The van der Waals surface area contributed by atoms with E-state index in [1.807, 2.05) is 12.2 Å². The first-order valence-corrected chi connectivity index (χ1v) is 8.59. The molecule has 0 aromatic rings. The highest BCUT2D eigenvalue weighted by Crippen LogP contribution is 2.05. The lowest BCUT2D eigenvalue weighted by atomic mass is 10.1. The summed E-state index contributed by atoms with van der Waals surface area (Å²) in [6.07, 6.45) is 19.7. The number of nitrogens with one attached hydrogen (secondary N) is 2. The Labute approximate surface area is 127 Å². The van der Waals surface area contributed by atoms with Crippen molar-refractivity contribution >= 4 is 0 Å². The Bertz CT molecular complexity index is 180. The van der Waals surface area contributed by atoms with Gasteiger partial charge in [0, 0.05) is 13.1 Å². The first-order chi connectivity index (χ1) is 9.91. The Balaban J connectivity index is 2.92. The number of allylic oxidation sites excluding steroid dienone is 2. The van der Waals surface area contributed by atoms with Gasteiger partial charge >= 0.3 is 0 Å². The fourth-order valence-corrected chi connectivity index (χ4v) is 2.24. The molecule has 118 valence electrons. The number of hydrogen-bond acceptors (Lipinski definition) is 2. The summed E-state index contributed by atoms with van der Waals surface area (Å²) >= 11 is 0. The average Bonchev–Trinajstić information content (AvgIpc) is 2.47. The molecule has 0 aliphatic heterocycles. The Morgan fingerprint density at radius 3 is 1.25 bits per heavy atom. The van der Waals surface area contributed by atoms with E-state index in [9.17, 15) is 0 Å². The van der Waals surface area contributed by atoms with E-state index in [2.05, 4.69) is 24.0 Å². The van der Waals surface area contributed by atoms with E-state index in [1.54, 1.807) is 0 Å². The molecule has 0 saturated heterocycles. The maximum atomic E-state index is 3.75. The van der Waals surface area contributed by atoms with Crippen molar-refractivity contribution in [2.24, 2.45) is 0 Å². The molecule has 2 nitrogen and oxygen atoms in total. The molecule has 0 amide bonds. The highest BCUT2D eigenvalue weighted by molar-refractivity contribution is 4.66. The highest BCUT2D eigenvalue weighted by atomic mass is 15.3. The van der Waals surface area contributed by atoms with Gasteiger partial charge in [0.1, 0.15) is 0 Å². The smallest absolute Gasteiger partial charge is 0.00997 e. The molecule has 0 atom stereocenters. The summed E-state index contributed by atoms with van der Waals surface area (Å²) < 4.78 is 0. The molecule has 0 fully saturated rings. The Hall–Kier alpha value is -0.600. The molecular formula is C18H36N2. The molecule has 0 aliphatic carbocycles. The molecule has 0 aromatic carbocycles. The fraction of sp³-hybridized carbons (Fsp3) is 0.778. The van der Waals surface area contributed by atoms with Crippen LogP contribution in [0.2, 0.25) is 0 Å². The average molecular weight is 280 g/mol. The minimum atomic E-state index is 1.10. The summed E-state index contributed by atoms with van der Waals surface area (Å²) in [6.45, 7) is 9.69. The maximum Gasteiger partial charge on any atom is 0.00997 e. The van der Waals surface area contributed by atoms with Crippen LogP contribution in [-0.2, 0) is 0 Å². The quantitative estimate of drug-likeness (QED) is 0.219. The van der Waals surface area contributed by atoms with Gasteiger partial charge in [0.05, 0.1) is 0 Å². The zero-order chi connectivity index (χ0) is 14.7. The van der Waals surface area contributed by atoms with Crippen molar-refractivity contribution < 1.29 is 0 Å². The molecule has 0 aromatic heterocycles. The van der Waals surface area contributed by atoms with Crippen molar-refractivity contribution in [3.8, 4) is 0 Å². The molecule has 0 aliphatic rings. The normalized spacial score (nSPS) is 10.6. The molecule has 2 N–H and O–H groups in total. The molecule has 0 radical (unpaired) electrons. The van der Waals surface area contributed by atoms with Gasteiger partial charge in [0.15, 0.2) is 0 Å². The van der Waals surface area contributed by atoms with Crippen LogP contribution in [0.3, 0.4) is 0 Å². The SMILES string of the molecule is C=CCCCCCCCNNCCCCCCCC=C. The lowest BCUT2D eigenvalue weighted by Gasteiger charge is -2.07. The number of hydrogen-bond donors (Lipinski definition) is 2. The molecule has 0 rings (SSSR count). The Kier molecular flexibility index (Phi) is 17.8. The number of rotatable bonds is 17. The minimum absolute atomic E-state index is 1.10. The predicted octanol–water partition coefficient (Wildman–Crippen LogP) is 5.13. The Morgan fingerprint density at radius 1 is 0.500 bits per heavy atom. The zero-order valence-electron chi connectivity index (χ0n) is 13.5. The molecular weight excluding hydrogens is 244 g/mol. The van der Waals surface area contributed by atoms with Crippen molar-refractivity contribution in [1.82, 2.24) is 10.9 Å². The van der Waals surface area contributed by atoms with Gasteiger partial charge in [0.2, 0.25) is 0 Å². The topological polar surface area (TPSA) is 24.1 Å². The second-order valence-electron chi connectivity index (χ2n) is 5.54. The van der Waals surface area contributed by atoms with Crippen molar-refractivity contribution in [2.75, 3.05) is 13.1 Å². The van der Waals surface area contributed by atoms with E-state index in [0.29, 0.717) is 0 Å². The molecule has 0 unspecified atom stereocenters. The van der Waals surface area contributed by atoms with Gasteiger partial charge in [-0.1, -0.05) is 50.7 Å². The van der Waals surface area contributed by atoms with Gasteiger partial charge in [-0.25, -0.2) is 0 Å². The van der Waals surface area contributed by atoms with Crippen molar-refractivity contribution in [3.05, 3.63) is 25.3 Å². The van der Waals surface area contributed by atoms with Crippen LogP contribution in [-0.4, -0.2) is 13.1 Å². The van der Waals surface area contributed by atoms with Crippen LogP contribution < -0.4 is 10.9 Å². The van der Waals surface area contributed by atoms with E-state index >= 15 is 0 Å². The largest absolute Gasteiger partial charge is 0.258 e. The van der Waals surface area contributed by atoms with Crippen LogP contribution in [0.1, 0.15) is 77.0 Å². The van der Waals surface area contributed by atoms with Crippen molar-refractivity contribution in [3.63, 3.8) is 0 Å². The van der Waals surface area contributed by atoms with Crippen LogP contribution >= 0.6 is 0 Å². The summed E-state index contributed by atoms with van der Waals surface area (Å²) in [5.41, 5.74) is 6.64. The summed E-state index contributed by atoms with van der Waals surface area (Å²) in [4.78, 5) is 0. The molecule has 0 saturated carbocycles. The van der Waals surface area contributed by atoms with Crippen molar-refractivity contribution in [2.45, 2.75) is 77.0 Å². The monoisotopic (exact) mass is 280 g/mol. The van der Waals surface area contributed by atoms with E-state index in [-0.39, 0.29) is 0 Å². The summed E-state index contributed by atoms with van der Waals surface area (Å²) in [6, 6.07) is 0. The van der Waals surface area contributed by atoms with Crippen LogP contribution in [0.5, 0.6) is 0 Å².